The van der Waals surface area contributed by atoms with Gasteiger partial charge in [0.25, 0.3) is 0 Å². The van der Waals surface area contributed by atoms with Crippen molar-refractivity contribution in [1.82, 2.24) is 9.78 Å². The third-order valence-corrected chi connectivity index (χ3v) is 4.69. The SMILES string of the molecule is Cn1ncc(/C=C/C(=O)Nc2ccc(CO[PH](=O)O)cc2)c1-c1cccc(Cl)c1. The molecule has 0 aliphatic rings. The maximum Gasteiger partial charge on any atom is 0.316 e. The van der Waals surface area contributed by atoms with E-state index >= 15 is 0 Å². The zero-order valence-electron chi connectivity index (χ0n) is 15.5. The fourth-order valence-electron chi connectivity index (χ4n) is 2.74. The number of hydrogen-bond acceptors (Lipinski definition) is 4. The molecule has 0 bridgehead atoms. The van der Waals surface area contributed by atoms with Gasteiger partial charge in [-0.1, -0.05) is 35.9 Å². The average Bonchev–Trinajstić information content (AvgIpc) is 3.06. The van der Waals surface area contributed by atoms with Crippen molar-refractivity contribution in [3.8, 4) is 11.3 Å². The van der Waals surface area contributed by atoms with E-state index in [1.165, 1.54) is 6.08 Å². The first-order chi connectivity index (χ1) is 13.9. The molecule has 1 atom stereocenters. The molecule has 0 aliphatic carbocycles. The van der Waals surface area contributed by atoms with Gasteiger partial charge in [0.2, 0.25) is 5.91 Å². The maximum absolute atomic E-state index is 12.3. The van der Waals surface area contributed by atoms with Crippen LogP contribution in [0, 0.1) is 0 Å². The van der Waals surface area contributed by atoms with E-state index in [1.54, 1.807) is 47.3 Å². The van der Waals surface area contributed by atoms with Crippen LogP contribution in [0.15, 0.2) is 60.8 Å². The standard InChI is InChI=1S/C20H19ClN3O4P/c1-24-20(15-3-2-4-17(21)11-15)16(12-22-24)7-10-19(25)23-18-8-5-14(6-9-18)13-28-29(26)27/h2-12,29H,13H2,1H3,(H,23,25)(H,26,27)/b10-7+. The fourth-order valence-corrected chi connectivity index (χ4v) is 3.22. The van der Waals surface area contributed by atoms with Gasteiger partial charge in [-0.05, 0) is 35.9 Å². The van der Waals surface area contributed by atoms with Gasteiger partial charge in [0.05, 0.1) is 18.5 Å². The minimum absolute atomic E-state index is 0.0374. The lowest BCUT2D eigenvalue weighted by Crippen LogP contribution is -2.07. The lowest BCUT2D eigenvalue weighted by Gasteiger charge is -2.06. The van der Waals surface area contributed by atoms with Crippen molar-refractivity contribution in [2.45, 2.75) is 6.61 Å². The molecule has 3 rings (SSSR count). The lowest BCUT2D eigenvalue weighted by molar-refractivity contribution is -0.111. The van der Waals surface area contributed by atoms with Gasteiger partial charge in [0.15, 0.2) is 0 Å². The van der Waals surface area contributed by atoms with Crippen molar-refractivity contribution >= 4 is 37.5 Å². The molecule has 0 saturated heterocycles. The predicted octanol–water partition coefficient (Wildman–Crippen LogP) is 4.29. The average molecular weight is 432 g/mol. The van der Waals surface area contributed by atoms with E-state index in [-0.39, 0.29) is 12.5 Å². The molecule has 2 aromatic carbocycles. The number of rotatable bonds is 7. The second-order valence-electron chi connectivity index (χ2n) is 6.16. The molecule has 2 N–H and O–H groups in total. The van der Waals surface area contributed by atoms with Crippen LogP contribution in [0.1, 0.15) is 11.1 Å². The van der Waals surface area contributed by atoms with E-state index in [4.69, 9.17) is 16.5 Å². The maximum atomic E-state index is 12.3. The molecule has 1 amide bonds. The molecule has 0 spiro atoms. The minimum Gasteiger partial charge on any atom is -0.326 e. The van der Waals surface area contributed by atoms with Crippen LogP contribution in [0.3, 0.4) is 0 Å². The molecule has 0 radical (unpaired) electrons. The Morgan fingerprint density at radius 1 is 1.31 bits per heavy atom. The van der Waals surface area contributed by atoms with Crippen LogP contribution in [-0.2, 0) is 27.5 Å². The first-order valence-corrected chi connectivity index (χ1v) is 10.3. The highest BCUT2D eigenvalue weighted by molar-refractivity contribution is 7.32. The number of halogens is 1. The molecule has 150 valence electrons. The third-order valence-electron chi connectivity index (χ3n) is 4.06. The molecule has 1 unspecified atom stereocenters. The molecule has 0 aliphatic heterocycles. The highest BCUT2D eigenvalue weighted by Gasteiger charge is 2.10. The summed E-state index contributed by atoms with van der Waals surface area (Å²) in [5.74, 6) is -0.296. The van der Waals surface area contributed by atoms with Gasteiger partial charge in [-0.2, -0.15) is 5.10 Å². The Morgan fingerprint density at radius 3 is 2.76 bits per heavy atom. The monoisotopic (exact) mass is 431 g/mol. The van der Waals surface area contributed by atoms with Gasteiger partial charge in [0.1, 0.15) is 0 Å². The summed E-state index contributed by atoms with van der Waals surface area (Å²) in [4.78, 5) is 20.9. The molecule has 29 heavy (non-hydrogen) atoms. The number of nitrogens with zero attached hydrogens (tertiary/aromatic N) is 2. The first kappa shape index (κ1) is 21.0. The molecule has 0 saturated carbocycles. The normalized spacial score (nSPS) is 12.2. The Morgan fingerprint density at radius 2 is 2.07 bits per heavy atom. The Hall–Kier alpha value is -2.70. The number of carbonyl (C=O) groups excluding carboxylic acids is 1. The van der Waals surface area contributed by atoms with E-state index in [2.05, 4.69) is 14.9 Å². The number of aromatic nitrogens is 2. The molecule has 1 aromatic heterocycles. The van der Waals surface area contributed by atoms with Crippen LogP contribution in [0.2, 0.25) is 5.02 Å². The van der Waals surface area contributed by atoms with Crippen molar-refractivity contribution in [3.63, 3.8) is 0 Å². The smallest absolute Gasteiger partial charge is 0.316 e. The van der Waals surface area contributed by atoms with Gasteiger partial charge in [-0.15, -0.1) is 0 Å². The summed E-state index contributed by atoms with van der Waals surface area (Å²) in [5.41, 5.74) is 3.87. The predicted molar refractivity (Wildman–Crippen MR) is 114 cm³/mol. The highest BCUT2D eigenvalue weighted by atomic mass is 35.5. The molecule has 1 heterocycles. The van der Waals surface area contributed by atoms with E-state index in [9.17, 15) is 9.36 Å². The second kappa shape index (κ2) is 9.67. The van der Waals surface area contributed by atoms with Crippen LogP contribution < -0.4 is 5.32 Å². The minimum atomic E-state index is -2.96. The van der Waals surface area contributed by atoms with Crippen molar-refractivity contribution in [2.24, 2.45) is 7.05 Å². The summed E-state index contributed by atoms with van der Waals surface area (Å²) in [6, 6.07) is 14.2. The topological polar surface area (TPSA) is 93.5 Å². The summed E-state index contributed by atoms with van der Waals surface area (Å²) in [5, 5.41) is 7.65. The van der Waals surface area contributed by atoms with Crippen molar-refractivity contribution in [2.75, 3.05) is 5.32 Å². The van der Waals surface area contributed by atoms with Gasteiger partial charge < -0.3 is 14.7 Å². The van der Waals surface area contributed by atoms with Crippen LogP contribution >= 0.6 is 19.9 Å². The van der Waals surface area contributed by atoms with E-state index in [0.29, 0.717) is 10.7 Å². The Kier molecular flexibility index (Phi) is 7.01. The summed E-state index contributed by atoms with van der Waals surface area (Å²) >= 11 is 6.08. The van der Waals surface area contributed by atoms with Crippen LogP contribution in [0.5, 0.6) is 0 Å². The Labute approximate surface area is 173 Å². The van der Waals surface area contributed by atoms with E-state index in [1.807, 2.05) is 25.2 Å². The highest BCUT2D eigenvalue weighted by Crippen LogP contribution is 2.26. The molecule has 3 aromatic rings. The molecular weight excluding hydrogens is 413 g/mol. The fraction of sp³-hybridized carbons (Fsp3) is 0.100. The van der Waals surface area contributed by atoms with Gasteiger partial charge in [-0.3, -0.25) is 14.0 Å². The van der Waals surface area contributed by atoms with E-state index in [0.717, 1.165) is 22.4 Å². The Balaban J connectivity index is 1.68. The number of nitrogens with one attached hydrogen (secondary N) is 1. The second-order valence-corrected chi connectivity index (χ2v) is 7.41. The zero-order valence-corrected chi connectivity index (χ0v) is 17.3. The summed E-state index contributed by atoms with van der Waals surface area (Å²) in [6.45, 7) is 0.0374. The quantitative estimate of drug-likeness (QED) is 0.430. The number of amides is 1. The summed E-state index contributed by atoms with van der Waals surface area (Å²) < 4.78 is 17.0. The van der Waals surface area contributed by atoms with Crippen LogP contribution in [-0.4, -0.2) is 20.6 Å². The summed E-state index contributed by atoms with van der Waals surface area (Å²) in [7, 11) is -1.14. The summed E-state index contributed by atoms with van der Waals surface area (Å²) in [6.07, 6.45) is 4.81. The number of anilines is 1. The van der Waals surface area contributed by atoms with E-state index < -0.39 is 8.25 Å². The zero-order chi connectivity index (χ0) is 20.8. The van der Waals surface area contributed by atoms with Gasteiger partial charge in [-0.25, -0.2) is 0 Å². The number of benzene rings is 2. The third kappa shape index (κ3) is 5.89. The number of carbonyl (C=O) groups is 1. The molecule has 7 nitrogen and oxygen atoms in total. The largest absolute Gasteiger partial charge is 0.326 e. The van der Waals surface area contributed by atoms with Gasteiger partial charge >= 0.3 is 8.25 Å². The molecule has 9 heteroatoms. The molecular formula is C20H19ClN3O4P. The van der Waals surface area contributed by atoms with Crippen molar-refractivity contribution in [1.29, 1.82) is 0 Å². The lowest BCUT2D eigenvalue weighted by atomic mass is 10.1. The number of aryl methyl sites for hydroxylation is 1. The van der Waals surface area contributed by atoms with Crippen LogP contribution in [0.4, 0.5) is 5.69 Å². The Bertz CT molecular complexity index is 1060. The van der Waals surface area contributed by atoms with Gasteiger partial charge in [0, 0.05) is 35.0 Å². The van der Waals surface area contributed by atoms with Crippen LogP contribution in [0.25, 0.3) is 17.3 Å². The molecule has 0 fully saturated rings. The number of hydrogen-bond donors (Lipinski definition) is 2. The van der Waals surface area contributed by atoms with Crippen molar-refractivity contribution in [3.05, 3.63) is 77.0 Å². The van der Waals surface area contributed by atoms with Crippen molar-refractivity contribution < 1.29 is 18.8 Å². The first-order valence-electron chi connectivity index (χ1n) is 8.64.